The molecule has 242 valence electrons. The van der Waals surface area contributed by atoms with Gasteiger partial charge in [-0.2, -0.15) is 5.10 Å². The smallest absolute Gasteiger partial charge is 0.337 e. The zero-order chi connectivity index (χ0) is 32.9. The standard InChI is InChI=1S/C35H30F2N8O3/c36-23-6-13-31-41-29(20-42(31)19-23)33(46)40-25-7-9-26(10-8-25)45-34(47)28-15-24(37)17-38-32(28)44(35(45)48)27-11-12-30-22(14-27)16-39-43(30)18-21-4-2-1-3-5-21/h1-4,6,11-17,19-21,25-26H,5,7-10,18H2,(H,40,46). The Morgan fingerprint density at radius 2 is 1.81 bits per heavy atom. The number of hydrogen-bond donors (Lipinski definition) is 1. The molecule has 2 aliphatic carbocycles. The number of imidazole rings is 1. The lowest BCUT2D eigenvalue weighted by Crippen LogP contribution is -2.45. The maximum atomic E-state index is 14.4. The SMILES string of the molecule is O=C(NC1CCC(n2c(=O)c3cc(F)cnc3n(-c3ccc4c(cnn4CC4C=CC=CC4)c3)c2=O)CC1)c1cn2cc(F)ccc2n1. The summed E-state index contributed by atoms with van der Waals surface area (Å²) in [6, 6.07) is 8.71. The summed E-state index contributed by atoms with van der Waals surface area (Å²) in [6.45, 7) is 0.709. The van der Waals surface area contributed by atoms with Crippen molar-refractivity contribution in [3.63, 3.8) is 0 Å². The number of rotatable bonds is 6. The molecular formula is C35H30F2N8O3. The van der Waals surface area contributed by atoms with Crippen LogP contribution in [0.1, 0.15) is 48.6 Å². The Bertz CT molecular complexity index is 2410. The van der Waals surface area contributed by atoms with Crippen LogP contribution in [0.15, 0.2) is 95.1 Å². The van der Waals surface area contributed by atoms with Gasteiger partial charge < -0.3 is 9.72 Å². The molecule has 0 aliphatic heterocycles. The van der Waals surface area contributed by atoms with Crippen molar-refractivity contribution in [2.75, 3.05) is 0 Å². The van der Waals surface area contributed by atoms with E-state index in [2.05, 4.69) is 32.5 Å². The van der Waals surface area contributed by atoms with Crippen molar-refractivity contribution < 1.29 is 13.6 Å². The molecule has 5 heterocycles. The number of amides is 1. The van der Waals surface area contributed by atoms with E-state index in [1.54, 1.807) is 12.3 Å². The van der Waals surface area contributed by atoms with Crippen LogP contribution >= 0.6 is 0 Å². The third kappa shape index (κ3) is 5.30. The Labute approximate surface area is 271 Å². The van der Waals surface area contributed by atoms with Gasteiger partial charge >= 0.3 is 5.69 Å². The molecule has 2 aliphatic rings. The lowest BCUT2D eigenvalue weighted by Gasteiger charge is -2.30. The first kappa shape index (κ1) is 29.7. The Hall–Kier alpha value is -5.72. The Morgan fingerprint density at radius 1 is 0.958 bits per heavy atom. The second-order valence-corrected chi connectivity index (χ2v) is 12.4. The molecule has 1 amide bonds. The van der Waals surface area contributed by atoms with Gasteiger partial charge in [0.05, 0.1) is 29.0 Å². The minimum absolute atomic E-state index is 0.00115. The number of halogens is 2. The van der Waals surface area contributed by atoms with E-state index in [1.165, 1.54) is 38.1 Å². The number of pyridine rings is 2. The molecule has 6 aromatic rings. The molecule has 0 saturated heterocycles. The van der Waals surface area contributed by atoms with Gasteiger partial charge in [-0.3, -0.25) is 18.8 Å². The molecule has 1 atom stereocenters. The highest BCUT2D eigenvalue weighted by Gasteiger charge is 2.29. The first-order chi connectivity index (χ1) is 23.3. The van der Waals surface area contributed by atoms with Crippen molar-refractivity contribution in [1.29, 1.82) is 0 Å². The summed E-state index contributed by atoms with van der Waals surface area (Å²) in [5, 5.41) is 8.38. The number of aromatic nitrogens is 7. The molecule has 0 spiro atoms. The molecule has 5 aromatic heterocycles. The number of allylic oxidation sites excluding steroid dienone is 4. The van der Waals surface area contributed by atoms with E-state index in [1.807, 2.05) is 29.0 Å². The van der Waals surface area contributed by atoms with Gasteiger partial charge in [0.25, 0.3) is 11.5 Å². The predicted octanol–water partition coefficient (Wildman–Crippen LogP) is 4.87. The Kier molecular flexibility index (Phi) is 7.30. The first-order valence-corrected chi connectivity index (χ1v) is 15.9. The Balaban J connectivity index is 1.08. The number of benzene rings is 1. The van der Waals surface area contributed by atoms with Crippen LogP contribution in [0.5, 0.6) is 0 Å². The molecule has 8 rings (SSSR count). The summed E-state index contributed by atoms with van der Waals surface area (Å²) < 4.78 is 34.0. The maximum absolute atomic E-state index is 14.4. The number of fused-ring (bicyclic) bond motifs is 3. The minimum atomic E-state index is -0.680. The van der Waals surface area contributed by atoms with Crippen molar-refractivity contribution in [1.82, 2.24) is 38.6 Å². The van der Waals surface area contributed by atoms with Crippen LogP contribution in [0.25, 0.3) is 33.3 Å². The molecule has 0 bridgehead atoms. The van der Waals surface area contributed by atoms with Crippen LogP contribution < -0.4 is 16.6 Å². The molecule has 11 nitrogen and oxygen atoms in total. The fourth-order valence-electron chi connectivity index (χ4n) is 6.90. The van der Waals surface area contributed by atoms with E-state index in [0.717, 1.165) is 29.6 Å². The van der Waals surface area contributed by atoms with E-state index >= 15 is 0 Å². The number of hydrogen-bond acceptors (Lipinski definition) is 6. The minimum Gasteiger partial charge on any atom is -0.348 e. The highest BCUT2D eigenvalue weighted by atomic mass is 19.1. The molecule has 13 heteroatoms. The molecule has 0 radical (unpaired) electrons. The van der Waals surface area contributed by atoms with Gasteiger partial charge in [0.15, 0.2) is 5.65 Å². The van der Waals surface area contributed by atoms with Gasteiger partial charge in [-0.15, -0.1) is 0 Å². The summed E-state index contributed by atoms with van der Waals surface area (Å²) in [6.07, 6.45) is 16.6. The van der Waals surface area contributed by atoms with Crippen LogP contribution in [0.2, 0.25) is 0 Å². The topological polar surface area (TPSA) is 121 Å². The third-order valence-corrected chi connectivity index (χ3v) is 9.30. The summed E-state index contributed by atoms with van der Waals surface area (Å²) in [5.74, 6) is -1.18. The fourth-order valence-corrected chi connectivity index (χ4v) is 6.90. The molecule has 1 aromatic carbocycles. The van der Waals surface area contributed by atoms with Gasteiger partial charge in [-0.1, -0.05) is 24.3 Å². The van der Waals surface area contributed by atoms with Crippen LogP contribution in [0.3, 0.4) is 0 Å². The number of carbonyl (C=O) groups excluding carboxylic acids is 1. The van der Waals surface area contributed by atoms with Gasteiger partial charge in [-0.25, -0.2) is 28.1 Å². The predicted molar refractivity (Wildman–Crippen MR) is 175 cm³/mol. The van der Waals surface area contributed by atoms with E-state index < -0.39 is 28.9 Å². The van der Waals surface area contributed by atoms with Crippen molar-refractivity contribution in [2.45, 2.75) is 50.7 Å². The zero-order valence-electron chi connectivity index (χ0n) is 25.7. The number of nitrogens with zero attached hydrogens (tertiary/aromatic N) is 7. The highest BCUT2D eigenvalue weighted by Crippen LogP contribution is 2.28. The molecular weight excluding hydrogens is 618 g/mol. The van der Waals surface area contributed by atoms with Gasteiger partial charge in [0.2, 0.25) is 0 Å². The van der Waals surface area contributed by atoms with Crippen LogP contribution in [-0.2, 0) is 6.54 Å². The molecule has 1 N–H and O–H groups in total. The van der Waals surface area contributed by atoms with Crippen molar-refractivity contribution in [3.8, 4) is 5.69 Å². The lowest BCUT2D eigenvalue weighted by atomic mass is 9.90. The third-order valence-electron chi connectivity index (χ3n) is 9.30. The quantitative estimate of drug-likeness (QED) is 0.275. The normalized spacial score (nSPS) is 19.4. The molecule has 1 fully saturated rings. The van der Waals surface area contributed by atoms with E-state index in [0.29, 0.717) is 49.5 Å². The van der Waals surface area contributed by atoms with E-state index in [4.69, 9.17) is 0 Å². The number of carbonyl (C=O) groups is 1. The summed E-state index contributed by atoms with van der Waals surface area (Å²) in [5.41, 5.74) is 0.901. The van der Waals surface area contributed by atoms with Crippen LogP contribution in [0.4, 0.5) is 8.78 Å². The van der Waals surface area contributed by atoms with E-state index in [-0.39, 0.29) is 28.7 Å². The second kappa shape index (κ2) is 11.8. The Morgan fingerprint density at radius 3 is 2.62 bits per heavy atom. The van der Waals surface area contributed by atoms with Gasteiger partial charge in [0.1, 0.15) is 23.0 Å². The first-order valence-electron chi connectivity index (χ1n) is 15.9. The summed E-state index contributed by atoms with van der Waals surface area (Å²) in [7, 11) is 0. The molecule has 1 saturated carbocycles. The fraction of sp³-hybridized carbons (Fsp3) is 0.257. The maximum Gasteiger partial charge on any atom is 0.337 e. The van der Waals surface area contributed by atoms with Crippen molar-refractivity contribution >= 4 is 33.5 Å². The largest absolute Gasteiger partial charge is 0.348 e. The van der Waals surface area contributed by atoms with Crippen molar-refractivity contribution in [3.05, 3.63) is 124 Å². The summed E-state index contributed by atoms with van der Waals surface area (Å²) in [4.78, 5) is 49.4. The summed E-state index contributed by atoms with van der Waals surface area (Å²) >= 11 is 0. The monoisotopic (exact) mass is 648 g/mol. The van der Waals surface area contributed by atoms with Gasteiger partial charge in [-0.05, 0) is 68.5 Å². The van der Waals surface area contributed by atoms with Gasteiger partial charge in [0, 0.05) is 42.3 Å². The van der Waals surface area contributed by atoms with Crippen LogP contribution in [0, 0.1) is 17.6 Å². The van der Waals surface area contributed by atoms with E-state index in [9.17, 15) is 23.2 Å². The average Bonchev–Trinajstić information content (AvgIpc) is 3.70. The molecule has 48 heavy (non-hydrogen) atoms. The van der Waals surface area contributed by atoms with Crippen molar-refractivity contribution in [2.24, 2.45) is 5.92 Å². The molecule has 1 unspecified atom stereocenters. The zero-order valence-corrected chi connectivity index (χ0v) is 25.7. The number of nitrogens with one attached hydrogen (secondary N) is 1. The lowest BCUT2D eigenvalue weighted by molar-refractivity contribution is 0.0917. The second-order valence-electron chi connectivity index (χ2n) is 12.4. The highest BCUT2D eigenvalue weighted by molar-refractivity contribution is 5.93. The van der Waals surface area contributed by atoms with Crippen LogP contribution in [-0.4, -0.2) is 45.2 Å². The average molecular weight is 649 g/mol.